The van der Waals surface area contributed by atoms with E-state index in [0.29, 0.717) is 42.1 Å². The summed E-state index contributed by atoms with van der Waals surface area (Å²) in [5.74, 6) is 1.22. The molecule has 1 aliphatic heterocycles. The van der Waals surface area contributed by atoms with Crippen LogP contribution in [0.5, 0.6) is 5.75 Å². The van der Waals surface area contributed by atoms with Crippen molar-refractivity contribution >= 4 is 11.8 Å². The van der Waals surface area contributed by atoms with E-state index in [2.05, 4.69) is 19.9 Å². The minimum Gasteiger partial charge on any atom is -0.406 e. The second-order valence-corrected chi connectivity index (χ2v) is 10.2. The van der Waals surface area contributed by atoms with Gasteiger partial charge in [0.2, 0.25) is 5.91 Å². The summed E-state index contributed by atoms with van der Waals surface area (Å²) >= 11 is 0. The molecule has 1 aromatic heterocycles. The van der Waals surface area contributed by atoms with E-state index in [4.69, 9.17) is 0 Å². The number of fused-ring (bicyclic) bond motifs is 1. The summed E-state index contributed by atoms with van der Waals surface area (Å²) in [4.78, 5) is 33.4. The van der Waals surface area contributed by atoms with Gasteiger partial charge in [0, 0.05) is 46.0 Å². The molecule has 8 nitrogen and oxygen atoms in total. The van der Waals surface area contributed by atoms with E-state index in [0.717, 1.165) is 19.6 Å². The van der Waals surface area contributed by atoms with Crippen molar-refractivity contribution in [2.75, 3.05) is 32.7 Å². The monoisotopic (exact) mass is 505 g/mol. The van der Waals surface area contributed by atoms with E-state index in [1.165, 1.54) is 31.0 Å². The maximum absolute atomic E-state index is 13.3. The van der Waals surface area contributed by atoms with Crippen molar-refractivity contribution in [3.63, 3.8) is 0 Å². The maximum atomic E-state index is 13.3. The molecule has 0 radical (unpaired) electrons. The number of aryl methyl sites for hydroxylation is 1. The van der Waals surface area contributed by atoms with Gasteiger partial charge in [0.1, 0.15) is 11.4 Å². The summed E-state index contributed by atoms with van der Waals surface area (Å²) < 4.78 is 43.7. The number of nitrogens with one attached hydrogen (secondary N) is 1. The highest BCUT2D eigenvalue weighted by atomic mass is 19.4. The Morgan fingerprint density at radius 2 is 1.97 bits per heavy atom. The van der Waals surface area contributed by atoms with Crippen LogP contribution in [0, 0.1) is 23.7 Å². The van der Waals surface area contributed by atoms with Crippen LogP contribution in [0.4, 0.5) is 13.2 Å². The van der Waals surface area contributed by atoms with E-state index in [-0.39, 0.29) is 30.0 Å². The number of likely N-dealkylation sites (tertiary alicyclic amines) is 1. The number of nitrogens with zero attached hydrogens (tertiary/aromatic N) is 4. The fourth-order valence-corrected chi connectivity index (χ4v) is 5.20. The van der Waals surface area contributed by atoms with Crippen LogP contribution in [0.2, 0.25) is 0 Å². The van der Waals surface area contributed by atoms with Crippen LogP contribution in [0.25, 0.3) is 0 Å². The topological polar surface area (TPSA) is 79.7 Å². The van der Waals surface area contributed by atoms with Crippen LogP contribution in [0.1, 0.15) is 28.9 Å². The number of alkyl halides is 3. The van der Waals surface area contributed by atoms with E-state index >= 15 is 0 Å². The van der Waals surface area contributed by atoms with E-state index in [9.17, 15) is 22.8 Å². The zero-order valence-corrected chi connectivity index (χ0v) is 20.1. The van der Waals surface area contributed by atoms with Crippen molar-refractivity contribution in [3.05, 3.63) is 48.0 Å². The Hall–Kier alpha value is -3.08. The molecule has 2 amide bonds. The van der Waals surface area contributed by atoms with Gasteiger partial charge in [-0.25, -0.2) is 4.98 Å². The molecule has 3 fully saturated rings. The van der Waals surface area contributed by atoms with Crippen LogP contribution in [-0.4, -0.2) is 70.3 Å². The summed E-state index contributed by atoms with van der Waals surface area (Å²) in [6, 6.07) is 5.71. The number of carbonyl (C=O) groups excluding carboxylic acids is 2. The fraction of sp³-hybridized carbons (Fsp3) is 0.560. The lowest BCUT2D eigenvalue weighted by Crippen LogP contribution is -2.39. The first kappa shape index (κ1) is 24.6. The molecule has 1 saturated heterocycles. The summed E-state index contributed by atoms with van der Waals surface area (Å²) in [5, 5.41) is 3.00. The van der Waals surface area contributed by atoms with Crippen molar-refractivity contribution in [1.82, 2.24) is 24.7 Å². The van der Waals surface area contributed by atoms with Gasteiger partial charge in [-0.1, -0.05) is 12.1 Å². The average molecular weight is 506 g/mol. The lowest BCUT2D eigenvalue weighted by Gasteiger charge is -2.25. The molecule has 2 saturated carbocycles. The number of halogens is 3. The van der Waals surface area contributed by atoms with Crippen molar-refractivity contribution in [3.8, 4) is 5.75 Å². The predicted molar refractivity (Wildman–Crippen MR) is 124 cm³/mol. The third-order valence-electron chi connectivity index (χ3n) is 7.25. The Morgan fingerprint density at radius 1 is 1.22 bits per heavy atom. The zero-order valence-electron chi connectivity index (χ0n) is 20.1. The van der Waals surface area contributed by atoms with Gasteiger partial charge in [-0.3, -0.25) is 14.5 Å². The summed E-state index contributed by atoms with van der Waals surface area (Å²) in [6.07, 6.45) is 0.788. The Labute approximate surface area is 207 Å². The molecule has 0 bridgehead atoms. The first-order chi connectivity index (χ1) is 17.1. The average Bonchev–Trinajstić information content (AvgIpc) is 3.64. The minimum absolute atomic E-state index is 0.0627. The second kappa shape index (κ2) is 9.76. The first-order valence-corrected chi connectivity index (χ1v) is 12.3. The Morgan fingerprint density at radius 3 is 2.61 bits per heavy atom. The largest absolute Gasteiger partial charge is 0.573 e. The molecule has 2 unspecified atom stereocenters. The van der Waals surface area contributed by atoms with Gasteiger partial charge in [-0.2, -0.15) is 0 Å². The summed E-state index contributed by atoms with van der Waals surface area (Å²) in [6.45, 7) is 3.42. The Kier molecular flexibility index (Phi) is 6.67. The predicted octanol–water partition coefficient (Wildman–Crippen LogP) is 2.67. The van der Waals surface area contributed by atoms with Gasteiger partial charge in [0.25, 0.3) is 5.91 Å². The number of benzene rings is 1. The van der Waals surface area contributed by atoms with Crippen molar-refractivity contribution < 1.29 is 27.5 Å². The third-order valence-corrected chi connectivity index (χ3v) is 7.25. The SMILES string of the molecule is Cn1cnc(C(=O)N(Cc2cccc(OC(F)(F)F)c2)CC2C3CN(CC(=O)NCC4CC4)CC32)c1. The Bertz CT molecular complexity index is 1100. The number of ether oxygens (including phenoxy) is 1. The Balaban J connectivity index is 1.21. The van der Waals surface area contributed by atoms with Crippen LogP contribution < -0.4 is 10.1 Å². The van der Waals surface area contributed by atoms with Crippen LogP contribution in [0.15, 0.2) is 36.8 Å². The molecule has 0 spiro atoms. The second-order valence-electron chi connectivity index (χ2n) is 10.2. The van der Waals surface area contributed by atoms with Gasteiger partial charge >= 0.3 is 6.36 Å². The molecule has 1 aromatic carbocycles. The number of hydrogen-bond donors (Lipinski definition) is 1. The molecular weight excluding hydrogens is 475 g/mol. The number of aromatic nitrogens is 2. The van der Waals surface area contributed by atoms with Crippen LogP contribution in [0.3, 0.4) is 0 Å². The number of amides is 2. The number of piperidine rings is 1. The molecule has 2 aromatic rings. The normalized spacial score (nSPS) is 23.3. The minimum atomic E-state index is -4.78. The molecule has 2 heterocycles. The molecule has 2 atom stereocenters. The van der Waals surface area contributed by atoms with E-state index < -0.39 is 6.36 Å². The van der Waals surface area contributed by atoms with Crippen LogP contribution >= 0.6 is 0 Å². The standard InChI is InChI=1S/C25H30F3N5O3/c1-31-13-22(30-15-31)24(35)33(9-17-3-2-4-18(7-17)36-25(26,27)28)12-21-19-10-32(11-20(19)21)14-23(34)29-8-16-5-6-16/h2-4,7,13,15-16,19-21H,5-6,8-12,14H2,1H3,(H,29,34). The summed E-state index contributed by atoms with van der Waals surface area (Å²) in [5.41, 5.74) is 0.834. The number of carbonyl (C=O) groups is 2. The highest BCUT2D eigenvalue weighted by Crippen LogP contribution is 2.52. The molecular formula is C25H30F3N5O3. The van der Waals surface area contributed by atoms with Gasteiger partial charge in [-0.15, -0.1) is 13.2 Å². The van der Waals surface area contributed by atoms with Crippen molar-refractivity contribution in [2.45, 2.75) is 25.7 Å². The molecule has 5 rings (SSSR count). The van der Waals surface area contributed by atoms with Gasteiger partial charge in [0.05, 0.1) is 12.9 Å². The fourth-order valence-electron chi connectivity index (χ4n) is 5.20. The van der Waals surface area contributed by atoms with Crippen LogP contribution in [-0.2, 0) is 18.4 Å². The van der Waals surface area contributed by atoms with Gasteiger partial charge in [0.15, 0.2) is 0 Å². The van der Waals surface area contributed by atoms with Gasteiger partial charge < -0.3 is 19.5 Å². The highest BCUT2D eigenvalue weighted by Gasteiger charge is 2.56. The molecule has 36 heavy (non-hydrogen) atoms. The summed E-state index contributed by atoms with van der Waals surface area (Å²) in [7, 11) is 1.77. The molecule has 3 aliphatic rings. The molecule has 194 valence electrons. The lowest BCUT2D eigenvalue weighted by atomic mass is 10.1. The number of rotatable bonds is 10. The zero-order chi connectivity index (χ0) is 25.4. The first-order valence-electron chi connectivity index (χ1n) is 12.3. The van der Waals surface area contributed by atoms with Gasteiger partial charge in [-0.05, 0) is 54.2 Å². The highest BCUT2D eigenvalue weighted by molar-refractivity contribution is 5.92. The smallest absolute Gasteiger partial charge is 0.406 e. The maximum Gasteiger partial charge on any atom is 0.573 e. The van der Waals surface area contributed by atoms with E-state index in [1.54, 1.807) is 35.1 Å². The van der Waals surface area contributed by atoms with Crippen molar-refractivity contribution in [2.24, 2.45) is 30.7 Å². The number of hydrogen-bond acceptors (Lipinski definition) is 5. The molecule has 2 aliphatic carbocycles. The van der Waals surface area contributed by atoms with Crippen molar-refractivity contribution in [1.29, 1.82) is 0 Å². The molecule has 11 heteroatoms. The quantitative estimate of drug-likeness (QED) is 0.537. The third kappa shape index (κ3) is 6.18. The van der Waals surface area contributed by atoms with E-state index in [1.807, 2.05) is 0 Å². The number of imidazole rings is 1. The lowest BCUT2D eigenvalue weighted by molar-refractivity contribution is -0.274. The molecule has 1 N–H and O–H groups in total.